The molecule has 8 heteroatoms. The van der Waals surface area contributed by atoms with Gasteiger partial charge >= 0.3 is 5.69 Å². The minimum Gasteiger partial charge on any atom is -0.481 e. The van der Waals surface area contributed by atoms with Crippen LogP contribution in [0.1, 0.15) is 39.5 Å². The van der Waals surface area contributed by atoms with Crippen LogP contribution in [0, 0.1) is 16.0 Å². The lowest BCUT2D eigenvalue weighted by Crippen LogP contribution is -2.38. The largest absolute Gasteiger partial charge is 0.481 e. The number of amides is 1. The molecule has 132 valence electrons. The standard InChI is InChI=1S/C16H24N4O4/c1-10(2)18-16(21)11-4-6-12(7-5-11)19-13-8-15(24-3)17-9-14(13)20(22)23/h8-12H,4-7H2,1-3H3,(H,17,19)(H,18,21). The highest BCUT2D eigenvalue weighted by atomic mass is 16.6. The van der Waals surface area contributed by atoms with Gasteiger partial charge in [0.05, 0.1) is 12.0 Å². The Labute approximate surface area is 141 Å². The van der Waals surface area contributed by atoms with Crippen LogP contribution in [0.4, 0.5) is 11.4 Å². The molecular formula is C16H24N4O4. The van der Waals surface area contributed by atoms with E-state index < -0.39 is 4.92 Å². The van der Waals surface area contributed by atoms with E-state index in [0.717, 1.165) is 25.7 Å². The molecule has 0 saturated heterocycles. The van der Waals surface area contributed by atoms with Crippen molar-refractivity contribution >= 4 is 17.3 Å². The average Bonchev–Trinajstić information content (AvgIpc) is 2.54. The number of hydrogen-bond acceptors (Lipinski definition) is 6. The molecule has 1 aromatic rings. The van der Waals surface area contributed by atoms with Gasteiger partial charge in [0.25, 0.3) is 0 Å². The van der Waals surface area contributed by atoms with Gasteiger partial charge in [0, 0.05) is 24.1 Å². The summed E-state index contributed by atoms with van der Waals surface area (Å²) in [6, 6.07) is 1.77. The normalized spacial score (nSPS) is 20.5. The lowest BCUT2D eigenvalue weighted by atomic mass is 9.85. The second-order valence-corrected chi connectivity index (χ2v) is 6.36. The van der Waals surface area contributed by atoms with Gasteiger partial charge in [-0.2, -0.15) is 0 Å². The van der Waals surface area contributed by atoms with E-state index in [1.165, 1.54) is 19.4 Å². The van der Waals surface area contributed by atoms with E-state index >= 15 is 0 Å². The molecule has 2 N–H and O–H groups in total. The number of anilines is 1. The number of carbonyl (C=O) groups is 1. The van der Waals surface area contributed by atoms with Crippen LogP contribution in [0.25, 0.3) is 0 Å². The molecule has 0 spiro atoms. The van der Waals surface area contributed by atoms with Crippen molar-refractivity contribution in [3.63, 3.8) is 0 Å². The Kier molecular flexibility index (Phi) is 5.94. The van der Waals surface area contributed by atoms with Crippen molar-refractivity contribution < 1.29 is 14.5 Å². The highest BCUT2D eigenvalue weighted by molar-refractivity contribution is 5.79. The third-order valence-electron chi connectivity index (χ3n) is 4.15. The Balaban J connectivity index is 1.99. The third-order valence-corrected chi connectivity index (χ3v) is 4.15. The predicted molar refractivity (Wildman–Crippen MR) is 90.1 cm³/mol. The van der Waals surface area contributed by atoms with Gasteiger partial charge in [-0.25, -0.2) is 4.98 Å². The van der Waals surface area contributed by atoms with Gasteiger partial charge in [-0.1, -0.05) is 0 Å². The summed E-state index contributed by atoms with van der Waals surface area (Å²) in [4.78, 5) is 26.6. The lowest BCUT2D eigenvalue weighted by molar-refractivity contribution is -0.384. The van der Waals surface area contributed by atoms with Crippen molar-refractivity contribution in [3.8, 4) is 5.88 Å². The summed E-state index contributed by atoms with van der Waals surface area (Å²) in [7, 11) is 1.47. The van der Waals surface area contributed by atoms with Crippen molar-refractivity contribution in [1.29, 1.82) is 0 Å². The molecule has 1 saturated carbocycles. The van der Waals surface area contributed by atoms with E-state index in [2.05, 4.69) is 15.6 Å². The fourth-order valence-electron chi connectivity index (χ4n) is 2.92. The minimum atomic E-state index is -0.462. The minimum absolute atomic E-state index is 0.0208. The fraction of sp³-hybridized carbons (Fsp3) is 0.625. The van der Waals surface area contributed by atoms with Crippen LogP contribution in [-0.2, 0) is 4.79 Å². The number of pyridine rings is 1. The van der Waals surface area contributed by atoms with Gasteiger partial charge in [0.2, 0.25) is 11.8 Å². The zero-order valence-corrected chi connectivity index (χ0v) is 14.2. The van der Waals surface area contributed by atoms with Crippen LogP contribution in [0.15, 0.2) is 12.3 Å². The van der Waals surface area contributed by atoms with Crippen molar-refractivity contribution in [3.05, 3.63) is 22.4 Å². The average molecular weight is 336 g/mol. The van der Waals surface area contributed by atoms with Gasteiger partial charge in [0.15, 0.2) is 0 Å². The Morgan fingerprint density at radius 1 is 1.38 bits per heavy atom. The molecule has 0 atom stereocenters. The van der Waals surface area contributed by atoms with E-state index in [1.54, 1.807) is 0 Å². The number of ether oxygens (including phenoxy) is 1. The molecule has 1 aliphatic rings. The molecule has 0 unspecified atom stereocenters. The first kappa shape index (κ1) is 18.0. The molecule has 8 nitrogen and oxygen atoms in total. The van der Waals surface area contributed by atoms with E-state index in [1.807, 2.05) is 13.8 Å². The highest BCUT2D eigenvalue weighted by Gasteiger charge is 2.28. The molecule has 1 aliphatic carbocycles. The molecule has 24 heavy (non-hydrogen) atoms. The SMILES string of the molecule is COc1cc(NC2CCC(C(=O)NC(C)C)CC2)c([N+](=O)[O-])cn1. The molecule has 0 radical (unpaired) electrons. The summed E-state index contributed by atoms with van der Waals surface area (Å²) in [5.74, 6) is 0.445. The van der Waals surface area contributed by atoms with Crippen molar-refractivity contribution in [2.75, 3.05) is 12.4 Å². The van der Waals surface area contributed by atoms with Crippen molar-refractivity contribution in [2.45, 2.75) is 51.6 Å². The summed E-state index contributed by atoms with van der Waals surface area (Å²) >= 11 is 0. The Hall–Kier alpha value is -2.38. The first-order valence-electron chi connectivity index (χ1n) is 8.16. The molecule has 2 rings (SSSR count). The van der Waals surface area contributed by atoms with Gasteiger partial charge in [-0.15, -0.1) is 0 Å². The Bertz CT molecular complexity index is 598. The quantitative estimate of drug-likeness (QED) is 0.610. The molecule has 1 fully saturated rings. The number of aromatic nitrogens is 1. The number of hydrogen-bond donors (Lipinski definition) is 2. The van der Waals surface area contributed by atoms with E-state index in [-0.39, 0.29) is 29.6 Å². The monoisotopic (exact) mass is 336 g/mol. The van der Waals surface area contributed by atoms with Crippen molar-refractivity contribution in [2.24, 2.45) is 5.92 Å². The lowest BCUT2D eigenvalue weighted by Gasteiger charge is -2.29. The van der Waals surface area contributed by atoms with Crippen molar-refractivity contribution in [1.82, 2.24) is 10.3 Å². The number of methoxy groups -OCH3 is 1. The molecule has 0 aliphatic heterocycles. The summed E-state index contributed by atoms with van der Waals surface area (Å²) in [5, 5.41) is 17.3. The van der Waals surface area contributed by atoms with Crippen LogP contribution < -0.4 is 15.4 Å². The Morgan fingerprint density at radius 2 is 2.04 bits per heavy atom. The second-order valence-electron chi connectivity index (χ2n) is 6.36. The van der Waals surface area contributed by atoms with Gasteiger partial charge in [-0.3, -0.25) is 14.9 Å². The van der Waals surface area contributed by atoms with Gasteiger partial charge in [-0.05, 0) is 39.5 Å². The molecular weight excluding hydrogens is 312 g/mol. The van der Waals surface area contributed by atoms with Crippen LogP contribution in [0.3, 0.4) is 0 Å². The molecule has 1 aromatic heterocycles. The number of carbonyl (C=O) groups excluding carboxylic acids is 1. The molecule has 0 bridgehead atoms. The maximum atomic E-state index is 12.1. The fourth-order valence-corrected chi connectivity index (χ4v) is 2.92. The zero-order valence-electron chi connectivity index (χ0n) is 14.2. The number of nitrogens with zero attached hydrogens (tertiary/aromatic N) is 2. The van der Waals surface area contributed by atoms with Crippen LogP contribution in [0.5, 0.6) is 5.88 Å². The highest BCUT2D eigenvalue weighted by Crippen LogP contribution is 2.31. The molecule has 1 heterocycles. The number of rotatable bonds is 6. The smallest absolute Gasteiger partial charge is 0.310 e. The van der Waals surface area contributed by atoms with Crippen LogP contribution in [0.2, 0.25) is 0 Å². The number of nitrogens with one attached hydrogen (secondary N) is 2. The third kappa shape index (κ3) is 4.56. The number of nitro groups is 1. The summed E-state index contributed by atoms with van der Waals surface area (Å²) in [5.41, 5.74) is 0.331. The topological polar surface area (TPSA) is 106 Å². The van der Waals surface area contributed by atoms with E-state index in [4.69, 9.17) is 4.74 Å². The summed E-state index contributed by atoms with van der Waals surface area (Å²) < 4.78 is 5.04. The maximum Gasteiger partial charge on any atom is 0.310 e. The maximum absolute atomic E-state index is 12.1. The molecule has 0 aromatic carbocycles. The van der Waals surface area contributed by atoms with E-state index in [9.17, 15) is 14.9 Å². The van der Waals surface area contributed by atoms with Crippen LogP contribution in [-0.4, -0.2) is 35.0 Å². The Morgan fingerprint density at radius 3 is 2.58 bits per heavy atom. The van der Waals surface area contributed by atoms with Gasteiger partial charge < -0.3 is 15.4 Å². The zero-order chi connectivity index (χ0) is 17.7. The van der Waals surface area contributed by atoms with Crippen LogP contribution >= 0.6 is 0 Å². The van der Waals surface area contributed by atoms with E-state index in [0.29, 0.717) is 11.6 Å². The molecule has 1 amide bonds. The first-order valence-corrected chi connectivity index (χ1v) is 8.16. The second kappa shape index (κ2) is 7.94. The summed E-state index contributed by atoms with van der Waals surface area (Å²) in [6.07, 6.45) is 4.32. The van der Waals surface area contributed by atoms with Gasteiger partial charge in [0.1, 0.15) is 11.9 Å². The first-order chi connectivity index (χ1) is 11.4. The predicted octanol–water partition coefficient (Wildman–Crippen LogP) is 2.49. The summed E-state index contributed by atoms with van der Waals surface area (Å²) in [6.45, 7) is 3.89.